The van der Waals surface area contributed by atoms with E-state index >= 15 is 0 Å². The van der Waals surface area contributed by atoms with Gasteiger partial charge in [-0.2, -0.15) is 0 Å². The summed E-state index contributed by atoms with van der Waals surface area (Å²) in [6.45, 7) is 0. The number of hydrogen-bond acceptors (Lipinski definition) is 2. The van der Waals surface area contributed by atoms with E-state index in [-0.39, 0.29) is 5.97 Å². The first-order valence-corrected chi connectivity index (χ1v) is 3.84. The summed E-state index contributed by atoms with van der Waals surface area (Å²) in [5.74, 6) is -0.194. The zero-order valence-corrected chi connectivity index (χ0v) is 7.33. The van der Waals surface area contributed by atoms with E-state index in [0.717, 1.165) is 11.0 Å². The molecule has 0 fully saturated rings. The quantitative estimate of drug-likeness (QED) is 0.439. The number of rotatable bonds is 2. The van der Waals surface area contributed by atoms with Gasteiger partial charge >= 0.3 is 5.97 Å². The molecule has 0 bridgehead atoms. The predicted octanol–water partition coefficient (Wildman–Crippen LogP) is -0.339. The van der Waals surface area contributed by atoms with Crippen LogP contribution in [-0.4, -0.2) is 20.9 Å². The molecule has 12 heavy (non-hydrogen) atoms. The summed E-state index contributed by atoms with van der Waals surface area (Å²) < 4.78 is 4.56. The van der Waals surface area contributed by atoms with Crippen LogP contribution in [-0.2, 0) is 16.0 Å². The molecule has 0 aromatic heterocycles. The summed E-state index contributed by atoms with van der Waals surface area (Å²) >= 11 is 0. The van der Waals surface area contributed by atoms with Gasteiger partial charge in [-0.15, -0.1) is 0 Å². The summed E-state index contributed by atoms with van der Waals surface area (Å²) in [5, 5.41) is 0. The van der Waals surface area contributed by atoms with E-state index in [1.54, 1.807) is 0 Å². The second kappa shape index (κ2) is 3.95. The third-order valence-electron chi connectivity index (χ3n) is 1.66. The lowest BCUT2D eigenvalue weighted by Gasteiger charge is -2.00. The molecule has 0 unspecified atom stereocenters. The predicted molar refractivity (Wildman–Crippen MR) is 50.3 cm³/mol. The van der Waals surface area contributed by atoms with Crippen LogP contribution in [0.5, 0.6) is 0 Å². The average Bonchev–Trinajstić information content (AvgIpc) is 2.04. The average molecular weight is 162 g/mol. The van der Waals surface area contributed by atoms with Crippen LogP contribution >= 0.6 is 0 Å². The molecule has 0 aliphatic rings. The fraction of sp³-hybridized carbons (Fsp3) is 0.222. The summed E-state index contributed by atoms with van der Waals surface area (Å²) in [7, 11) is 3.40. The highest BCUT2D eigenvalue weighted by Gasteiger charge is 2.01. The standard InChI is InChI=1S/C9H11BO2/c1-12-9(11)6-7-3-2-4-8(10)5-7/h2-5H,6,10H2,1H3. The van der Waals surface area contributed by atoms with Crippen LogP contribution in [0.1, 0.15) is 5.56 Å². The van der Waals surface area contributed by atoms with Crippen molar-refractivity contribution in [1.82, 2.24) is 0 Å². The SMILES string of the molecule is Bc1cccc(CC(=O)OC)c1. The molecule has 0 atom stereocenters. The normalized spacial score (nSPS) is 9.42. The molecule has 0 spiro atoms. The van der Waals surface area contributed by atoms with E-state index in [1.807, 2.05) is 32.1 Å². The van der Waals surface area contributed by atoms with Gasteiger partial charge in [0.05, 0.1) is 13.5 Å². The number of benzene rings is 1. The summed E-state index contributed by atoms with van der Waals surface area (Å²) in [6, 6.07) is 7.84. The maximum atomic E-state index is 10.9. The second-order valence-corrected chi connectivity index (χ2v) is 2.74. The number of ether oxygens (including phenoxy) is 1. The van der Waals surface area contributed by atoms with Crippen molar-refractivity contribution in [2.45, 2.75) is 6.42 Å². The molecule has 0 heterocycles. The zero-order chi connectivity index (χ0) is 8.97. The molecule has 1 aromatic carbocycles. The van der Waals surface area contributed by atoms with Crippen LogP contribution in [0.2, 0.25) is 0 Å². The van der Waals surface area contributed by atoms with Crippen molar-refractivity contribution in [2.24, 2.45) is 0 Å². The van der Waals surface area contributed by atoms with E-state index < -0.39 is 0 Å². The second-order valence-electron chi connectivity index (χ2n) is 2.74. The molecule has 3 heteroatoms. The number of hydrogen-bond donors (Lipinski definition) is 0. The van der Waals surface area contributed by atoms with Crippen LogP contribution in [0.4, 0.5) is 0 Å². The Bertz CT molecular complexity index is 284. The molecule has 62 valence electrons. The van der Waals surface area contributed by atoms with Crippen LogP contribution in [0.25, 0.3) is 0 Å². The molecule has 0 N–H and O–H groups in total. The van der Waals surface area contributed by atoms with Gasteiger partial charge in [-0.3, -0.25) is 4.79 Å². The Morgan fingerprint density at radius 3 is 2.92 bits per heavy atom. The Morgan fingerprint density at radius 2 is 2.33 bits per heavy atom. The maximum absolute atomic E-state index is 10.9. The molecule has 0 saturated carbocycles. The molecule has 1 aromatic rings. The van der Waals surface area contributed by atoms with E-state index in [0.29, 0.717) is 6.42 Å². The van der Waals surface area contributed by atoms with Gasteiger partial charge in [0.1, 0.15) is 7.85 Å². The maximum Gasteiger partial charge on any atom is 0.309 e. The van der Waals surface area contributed by atoms with Gasteiger partial charge in [0.25, 0.3) is 0 Å². The van der Waals surface area contributed by atoms with Gasteiger partial charge in [0.15, 0.2) is 0 Å². The van der Waals surface area contributed by atoms with Crippen molar-refractivity contribution in [2.75, 3.05) is 7.11 Å². The van der Waals surface area contributed by atoms with Crippen molar-refractivity contribution in [1.29, 1.82) is 0 Å². The number of esters is 1. The van der Waals surface area contributed by atoms with E-state index in [4.69, 9.17) is 0 Å². The Labute approximate surface area is 73.0 Å². The molecule has 1 rings (SSSR count). The van der Waals surface area contributed by atoms with Crippen molar-refractivity contribution in [3.8, 4) is 0 Å². The van der Waals surface area contributed by atoms with Crippen LogP contribution in [0.15, 0.2) is 24.3 Å². The zero-order valence-electron chi connectivity index (χ0n) is 7.33. The largest absolute Gasteiger partial charge is 0.469 e. The first kappa shape index (κ1) is 8.85. The lowest BCUT2D eigenvalue weighted by molar-refractivity contribution is -0.139. The molecule has 0 saturated heterocycles. The van der Waals surface area contributed by atoms with Gasteiger partial charge < -0.3 is 4.74 Å². The number of carbonyl (C=O) groups excluding carboxylic acids is 1. The van der Waals surface area contributed by atoms with Crippen molar-refractivity contribution >= 4 is 19.3 Å². The summed E-state index contributed by atoms with van der Waals surface area (Å²) in [5.41, 5.74) is 2.17. The smallest absolute Gasteiger partial charge is 0.309 e. The number of methoxy groups -OCH3 is 1. The van der Waals surface area contributed by atoms with Crippen molar-refractivity contribution in [3.05, 3.63) is 29.8 Å². The molecule has 2 nitrogen and oxygen atoms in total. The topological polar surface area (TPSA) is 26.3 Å². The third-order valence-corrected chi connectivity index (χ3v) is 1.66. The minimum atomic E-state index is -0.194. The lowest BCUT2D eigenvalue weighted by Crippen LogP contribution is -2.08. The van der Waals surface area contributed by atoms with Gasteiger partial charge in [-0.05, 0) is 5.56 Å². The fourth-order valence-electron chi connectivity index (χ4n) is 1.06. The van der Waals surface area contributed by atoms with E-state index in [1.165, 1.54) is 7.11 Å². The van der Waals surface area contributed by atoms with Crippen LogP contribution in [0.3, 0.4) is 0 Å². The highest BCUT2D eigenvalue weighted by Crippen LogP contribution is 1.98. The highest BCUT2D eigenvalue weighted by atomic mass is 16.5. The summed E-state index contributed by atoms with van der Waals surface area (Å²) in [4.78, 5) is 10.9. The minimum absolute atomic E-state index is 0.194. The lowest BCUT2D eigenvalue weighted by atomic mass is 9.94. The van der Waals surface area contributed by atoms with Gasteiger partial charge in [-0.1, -0.05) is 29.7 Å². The van der Waals surface area contributed by atoms with Crippen molar-refractivity contribution < 1.29 is 9.53 Å². The van der Waals surface area contributed by atoms with Gasteiger partial charge in [0, 0.05) is 0 Å². The Kier molecular flexibility index (Phi) is 2.91. The fourth-order valence-corrected chi connectivity index (χ4v) is 1.06. The first-order chi connectivity index (χ1) is 5.72. The Hall–Kier alpha value is -1.25. The number of carbonyl (C=O) groups is 1. The monoisotopic (exact) mass is 162 g/mol. The molecule has 0 radical (unpaired) electrons. The third kappa shape index (κ3) is 2.42. The first-order valence-electron chi connectivity index (χ1n) is 3.84. The van der Waals surface area contributed by atoms with E-state index in [9.17, 15) is 4.79 Å². The molecule has 0 amide bonds. The van der Waals surface area contributed by atoms with Crippen molar-refractivity contribution in [3.63, 3.8) is 0 Å². The Morgan fingerprint density at radius 1 is 1.58 bits per heavy atom. The molecule has 0 aliphatic heterocycles. The molecule has 0 aliphatic carbocycles. The molecular weight excluding hydrogens is 151 g/mol. The van der Waals surface area contributed by atoms with Crippen LogP contribution < -0.4 is 5.46 Å². The van der Waals surface area contributed by atoms with Gasteiger partial charge in [0.2, 0.25) is 0 Å². The van der Waals surface area contributed by atoms with Crippen LogP contribution in [0, 0.1) is 0 Å². The summed E-state index contributed by atoms with van der Waals surface area (Å²) in [6.07, 6.45) is 0.359. The van der Waals surface area contributed by atoms with Gasteiger partial charge in [-0.25, -0.2) is 0 Å². The Balaban J connectivity index is 2.69. The highest BCUT2D eigenvalue weighted by molar-refractivity contribution is 6.32. The molecular formula is C9H11BO2. The van der Waals surface area contributed by atoms with E-state index in [2.05, 4.69) is 4.74 Å². The minimum Gasteiger partial charge on any atom is -0.469 e.